The van der Waals surface area contributed by atoms with E-state index in [2.05, 4.69) is 15.6 Å². The number of pyridine rings is 1. The molecule has 4 rings (SSSR count). The molecule has 30 heavy (non-hydrogen) atoms. The summed E-state index contributed by atoms with van der Waals surface area (Å²) in [4.78, 5) is 29.6. The fourth-order valence-corrected chi connectivity index (χ4v) is 3.50. The number of carbonyl (C=O) groups is 2. The molecule has 0 saturated heterocycles. The molecule has 0 radical (unpaired) electrons. The first kappa shape index (κ1) is 19.7. The largest absolute Gasteiger partial charge is 0.487 e. The molecule has 3 aromatic heterocycles. The molecule has 3 heterocycles. The number of thiophene rings is 1. The van der Waals surface area contributed by atoms with Crippen LogP contribution in [0, 0.1) is 0 Å². The van der Waals surface area contributed by atoms with E-state index in [1.807, 2.05) is 46.4 Å². The molecule has 8 heteroatoms. The van der Waals surface area contributed by atoms with Crippen LogP contribution in [0.15, 0.2) is 72.4 Å². The van der Waals surface area contributed by atoms with Gasteiger partial charge in [-0.25, -0.2) is 4.98 Å². The maximum Gasteiger partial charge on any atom is 0.261 e. The van der Waals surface area contributed by atoms with E-state index in [0.29, 0.717) is 22.9 Å². The highest BCUT2D eigenvalue weighted by atomic mass is 32.1. The maximum absolute atomic E-state index is 12.4. The maximum atomic E-state index is 12.4. The molecule has 0 bridgehead atoms. The zero-order chi connectivity index (χ0) is 20.9. The molecular weight excluding hydrogens is 400 g/mol. The van der Waals surface area contributed by atoms with Crippen LogP contribution < -0.4 is 15.4 Å². The molecule has 0 fully saturated rings. The number of nitrogens with zero attached hydrogens (tertiary/aromatic N) is 2. The smallest absolute Gasteiger partial charge is 0.261 e. The van der Waals surface area contributed by atoms with E-state index < -0.39 is 6.04 Å². The zero-order valence-electron chi connectivity index (χ0n) is 16.2. The molecule has 7 nitrogen and oxygen atoms in total. The summed E-state index contributed by atoms with van der Waals surface area (Å²) >= 11 is 1.33. The topological polar surface area (TPSA) is 84.7 Å². The number of rotatable bonds is 7. The first-order valence-electron chi connectivity index (χ1n) is 9.39. The molecule has 1 aromatic carbocycles. The molecule has 0 aliphatic heterocycles. The van der Waals surface area contributed by atoms with Gasteiger partial charge in [0.25, 0.3) is 5.91 Å². The van der Waals surface area contributed by atoms with Crippen LogP contribution in [0.5, 0.6) is 5.75 Å². The first-order valence-corrected chi connectivity index (χ1v) is 10.3. The van der Waals surface area contributed by atoms with Crippen LogP contribution in [-0.4, -0.2) is 27.2 Å². The average molecular weight is 420 g/mol. The van der Waals surface area contributed by atoms with Gasteiger partial charge in [0.2, 0.25) is 5.91 Å². The summed E-state index contributed by atoms with van der Waals surface area (Å²) in [7, 11) is 0. The van der Waals surface area contributed by atoms with Gasteiger partial charge in [0.1, 0.15) is 24.0 Å². The van der Waals surface area contributed by atoms with Crippen molar-refractivity contribution < 1.29 is 14.3 Å². The van der Waals surface area contributed by atoms with Crippen LogP contribution >= 0.6 is 11.3 Å². The third-order valence-electron chi connectivity index (χ3n) is 4.39. The second kappa shape index (κ2) is 8.79. The number of aromatic nitrogens is 2. The Morgan fingerprint density at radius 3 is 2.87 bits per heavy atom. The summed E-state index contributed by atoms with van der Waals surface area (Å²) in [5.41, 5.74) is 2.25. The number of amides is 2. The van der Waals surface area contributed by atoms with Gasteiger partial charge in [-0.3, -0.25) is 9.59 Å². The molecule has 1 atom stereocenters. The van der Waals surface area contributed by atoms with Crippen molar-refractivity contribution in [1.29, 1.82) is 0 Å². The third-order valence-corrected chi connectivity index (χ3v) is 5.26. The number of ether oxygens (including phenoxy) is 1. The van der Waals surface area contributed by atoms with Gasteiger partial charge in [-0.2, -0.15) is 0 Å². The van der Waals surface area contributed by atoms with E-state index in [0.717, 1.165) is 11.3 Å². The Labute approximate surface area is 177 Å². The minimum absolute atomic E-state index is 0.266. The van der Waals surface area contributed by atoms with E-state index in [1.54, 1.807) is 37.3 Å². The number of fused-ring (bicyclic) bond motifs is 1. The van der Waals surface area contributed by atoms with E-state index in [4.69, 9.17) is 4.74 Å². The lowest BCUT2D eigenvalue weighted by Gasteiger charge is -2.14. The summed E-state index contributed by atoms with van der Waals surface area (Å²) < 4.78 is 7.75. The second-order valence-corrected chi connectivity index (χ2v) is 7.62. The molecule has 1 unspecified atom stereocenters. The second-order valence-electron chi connectivity index (χ2n) is 6.68. The lowest BCUT2D eigenvalue weighted by Crippen LogP contribution is -2.41. The van der Waals surface area contributed by atoms with Gasteiger partial charge in [-0.15, -0.1) is 11.3 Å². The molecule has 0 aliphatic rings. The van der Waals surface area contributed by atoms with Crippen LogP contribution in [0.4, 0.5) is 5.69 Å². The standard InChI is InChI=1S/C22H20N4O3S/c1-15(23-22(28)19-8-5-11-30-19)21(27)25-16-6-4-7-18(12-16)29-14-17-13-26-10-3-2-9-20(26)24-17/h2-13,15H,14H2,1H3,(H,23,28)(H,25,27). The van der Waals surface area contributed by atoms with E-state index in [-0.39, 0.29) is 11.8 Å². The van der Waals surface area contributed by atoms with Gasteiger partial charge in [0, 0.05) is 24.1 Å². The van der Waals surface area contributed by atoms with Crippen molar-refractivity contribution in [3.8, 4) is 5.75 Å². The molecule has 152 valence electrons. The normalized spacial score (nSPS) is 11.8. The lowest BCUT2D eigenvalue weighted by molar-refractivity contribution is -0.117. The Kier molecular flexibility index (Phi) is 5.76. The van der Waals surface area contributed by atoms with Gasteiger partial charge in [0.15, 0.2) is 0 Å². The minimum Gasteiger partial charge on any atom is -0.487 e. The number of nitrogens with one attached hydrogen (secondary N) is 2. The third kappa shape index (κ3) is 4.66. The molecular formula is C22H20N4O3S. The average Bonchev–Trinajstić information content (AvgIpc) is 3.42. The monoisotopic (exact) mass is 420 g/mol. The summed E-state index contributed by atoms with van der Waals surface area (Å²) in [5.74, 6) is 0.0368. The number of carbonyl (C=O) groups excluding carboxylic acids is 2. The van der Waals surface area contributed by atoms with Gasteiger partial charge in [-0.1, -0.05) is 18.2 Å². The molecule has 2 N–H and O–H groups in total. The van der Waals surface area contributed by atoms with Crippen LogP contribution in [-0.2, 0) is 11.4 Å². The number of hydrogen-bond donors (Lipinski definition) is 2. The van der Waals surface area contributed by atoms with Crippen molar-refractivity contribution in [3.05, 3.63) is 82.9 Å². The molecule has 2 amide bonds. The highest BCUT2D eigenvalue weighted by molar-refractivity contribution is 7.12. The van der Waals surface area contributed by atoms with Gasteiger partial charge in [0.05, 0.1) is 10.6 Å². The van der Waals surface area contributed by atoms with Crippen molar-refractivity contribution in [2.24, 2.45) is 0 Å². The summed E-state index contributed by atoms with van der Waals surface area (Å²) in [6.45, 7) is 1.96. The SMILES string of the molecule is CC(NC(=O)c1cccs1)C(=O)Nc1cccc(OCc2cn3ccccc3n2)c1. The Bertz CT molecular complexity index is 1140. The zero-order valence-corrected chi connectivity index (χ0v) is 17.1. The number of anilines is 1. The molecule has 0 aliphatic carbocycles. The molecule has 0 spiro atoms. The predicted molar refractivity (Wildman–Crippen MR) is 116 cm³/mol. The minimum atomic E-state index is -0.679. The Morgan fingerprint density at radius 1 is 1.17 bits per heavy atom. The van der Waals surface area contributed by atoms with Crippen molar-refractivity contribution in [1.82, 2.24) is 14.7 Å². The fraction of sp³-hybridized carbons (Fsp3) is 0.136. The summed E-state index contributed by atoms with van der Waals surface area (Å²) in [6, 6.07) is 15.7. The number of imidazole rings is 1. The number of benzene rings is 1. The fourth-order valence-electron chi connectivity index (χ4n) is 2.87. The van der Waals surface area contributed by atoms with Gasteiger partial charge < -0.3 is 19.8 Å². The Hall–Kier alpha value is -3.65. The Balaban J connectivity index is 1.34. The summed E-state index contributed by atoms with van der Waals surface area (Å²) in [5, 5.41) is 7.31. The van der Waals surface area contributed by atoms with Crippen molar-refractivity contribution in [2.75, 3.05) is 5.32 Å². The van der Waals surface area contributed by atoms with Gasteiger partial charge >= 0.3 is 0 Å². The van der Waals surface area contributed by atoms with E-state index >= 15 is 0 Å². The molecule has 4 aromatic rings. The highest BCUT2D eigenvalue weighted by Gasteiger charge is 2.17. The van der Waals surface area contributed by atoms with E-state index in [9.17, 15) is 9.59 Å². The van der Waals surface area contributed by atoms with Crippen LogP contribution in [0.25, 0.3) is 5.65 Å². The van der Waals surface area contributed by atoms with Crippen LogP contribution in [0.3, 0.4) is 0 Å². The quantitative estimate of drug-likeness (QED) is 0.477. The van der Waals surface area contributed by atoms with Crippen molar-refractivity contribution >= 4 is 34.5 Å². The first-order chi connectivity index (χ1) is 14.6. The van der Waals surface area contributed by atoms with Crippen molar-refractivity contribution in [3.63, 3.8) is 0 Å². The number of hydrogen-bond acceptors (Lipinski definition) is 5. The lowest BCUT2D eigenvalue weighted by atomic mass is 10.2. The van der Waals surface area contributed by atoms with Crippen molar-refractivity contribution in [2.45, 2.75) is 19.6 Å². The Morgan fingerprint density at radius 2 is 2.07 bits per heavy atom. The van der Waals surface area contributed by atoms with Crippen LogP contribution in [0.2, 0.25) is 0 Å². The summed E-state index contributed by atoms with van der Waals surface area (Å²) in [6.07, 6.45) is 3.85. The van der Waals surface area contributed by atoms with E-state index in [1.165, 1.54) is 11.3 Å². The molecule has 0 saturated carbocycles. The predicted octanol–water partition coefficient (Wildman–Crippen LogP) is 3.73. The van der Waals surface area contributed by atoms with Gasteiger partial charge in [-0.05, 0) is 42.6 Å². The highest BCUT2D eigenvalue weighted by Crippen LogP contribution is 2.19. The van der Waals surface area contributed by atoms with Crippen LogP contribution in [0.1, 0.15) is 22.3 Å².